The van der Waals surface area contributed by atoms with Crippen LogP contribution >= 0.6 is 0 Å². The van der Waals surface area contributed by atoms with Crippen molar-refractivity contribution >= 4 is 67.8 Å². The van der Waals surface area contributed by atoms with Crippen LogP contribution in [-0.4, -0.2) is 41.3 Å². The van der Waals surface area contributed by atoms with Crippen molar-refractivity contribution in [3.05, 3.63) is 157 Å². The summed E-state index contributed by atoms with van der Waals surface area (Å²) >= 11 is 0. The number of nitrogens with one attached hydrogen (secondary N) is 3. The molecular weight excluding hydrogens is 749 g/mol. The highest BCUT2D eigenvalue weighted by Gasteiger charge is 2.16. The molecule has 6 heterocycles. The zero-order chi connectivity index (χ0) is 40.6. The Morgan fingerprint density at radius 1 is 0.383 bits per heavy atom. The van der Waals surface area contributed by atoms with E-state index < -0.39 is 0 Å². The average molecular weight is 787 g/mol. The van der Waals surface area contributed by atoms with Crippen LogP contribution in [0.25, 0.3) is 89.8 Å². The minimum Gasteiger partial charge on any atom is -0.497 e. The van der Waals surface area contributed by atoms with Gasteiger partial charge >= 0.3 is 0 Å². The molecule has 0 atom stereocenters. The molecule has 1 aliphatic heterocycles. The quantitative estimate of drug-likeness (QED) is 0.132. The Bertz CT molecular complexity index is 3240. The van der Waals surface area contributed by atoms with Crippen molar-refractivity contribution in [1.29, 1.82) is 0 Å². The van der Waals surface area contributed by atoms with Crippen molar-refractivity contribution in [3.8, 4) is 50.6 Å². The molecule has 0 unspecified atom stereocenters. The van der Waals surface area contributed by atoms with Gasteiger partial charge in [0.15, 0.2) is 0 Å². The van der Waals surface area contributed by atoms with Crippen molar-refractivity contribution in [3.63, 3.8) is 0 Å². The molecule has 0 spiro atoms. The molecule has 0 aliphatic carbocycles. The van der Waals surface area contributed by atoms with E-state index in [0.29, 0.717) is 11.2 Å². The van der Waals surface area contributed by atoms with Crippen LogP contribution in [0.15, 0.2) is 160 Å². The highest BCUT2D eigenvalue weighted by atomic mass is 16.5. The monoisotopic (exact) mass is 786 g/mol. The van der Waals surface area contributed by atoms with Gasteiger partial charge in [-0.25, -0.2) is 4.98 Å². The lowest BCUT2D eigenvalue weighted by Gasteiger charge is -2.05. The highest BCUT2D eigenvalue weighted by Crippen LogP contribution is 2.37. The second-order valence-corrected chi connectivity index (χ2v) is 14.3. The fraction of sp³-hybridized carbons (Fsp3) is 0.0600. The summed E-state index contributed by atoms with van der Waals surface area (Å²) in [5.74, 6) is 2.31. The van der Waals surface area contributed by atoms with Crippen molar-refractivity contribution in [2.75, 3.05) is 21.3 Å². The van der Waals surface area contributed by atoms with Gasteiger partial charge in [-0.2, -0.15) is 10.2 Å². The number of rotatable bonds is 8. The van der Waals surface area contributed by atoms with Gasteiger partial charge in [-0.3, -0.25) is 0 Å². The number of hydrogen-bond donors (Lipinski definition) is 3. The van der Waals surface area contributed by atoms with Crippen molar-refractivity contribution in [2.45, 2.75) is 0 Å². The van der Waals surface area contributed by atoms with Gasteiger partial charge in [-0.05, 0) is 138 Å². The number of aromatic nitrogens is 4. The Balaban J connectivity index is 1.21. The van der Waals surface area contributed by atoms with Crippen LogP contribution in [0, 0.1) is 0 Å². The topological polar surface area (TPSA) is 126 Å². The first kappa shape index (κ1) is 36.2. The lowest BCUT2D eigenvalue weighted by atomic mass is 10.0. The summed E-state index contributed by atoms with van der Waals surface area (Å²) in [5, 5.41) is 8.93. The average Bonchev–Trinajstić information content (AvgIpc) is 4.16. The molecule has 292 valence electrons. The molecule has 60 heavy (non-hydrogen) atoms. The summed E-state index contributed by atoms with van der Waals surface area (Å²) in [6, 6.07) is 48.1. The van der Waals surface area contributed by atoms with Crippen molar-refractivity contribution in [2.24, 2.45) is 10.2 Å². The third kappa shape index (κ3) is 6.86. The third-order valence-electron chi connectivity index (χ3n) is 10.7. The summed E-state index contributed by atoms with van der Waals surface area (Å²) in [4.78, 5) is 16.3. The zero-order valence-corrected chi connectivity index (χ0v) is 33.0. The number of ether oxygens (including phenoxy) is 3. The molecule has 0 fully saturated rings. The largest absolute Gasteiger partial charge is 0.497 e. The Morgan fingerprint density at radius 2 is 0.750 bits per heavy atom. The fourth-order valence-electron chi connectivity index (χ4n) is 7.62. The number of aromatic amines is 3. The minimum absolute atomic E-state index is 0.704. The van der Waals surface area contributed by atoms with Crippen LogP contribution in [0.4, 0.5) is 11.4 Å². The minimum atomic E-state index is 0.704. The molecule has 0 saturated carbocycles. The van der Waals surface area contributed by atoms with Crippen LogP contribution < -0.4 is 14.2 Å². The molecule has 0 amide bonds. The maximum absolute atomic E-state index is 6.86. The number of benzene rings is 4. The number of nitrogens with zero attached hydrogens (tertiary/aromatic N) is 3. The fourth-order valence-corrected chi connectivity index (χ4v) is 7.62. The van der Waals surface area contributed by atoms with Crippen LogP contribution in [0.2, 0.25) is 0 Å². The Morgan fingerprint density at radius 3 is 1.25 bits per heavy atom. The van der Waals surface area contributed by atoms with Crippen LogP contribution in [0.3, 0.4) is 0 Å². The maximum Gasteiger partial charge on any atom is 0.137 e. The van der Waals surface area contributed by atoms with Gasteiger partial charge in [0.2, 0.25) is 0 Å². The van der Waals surface area contributed by atoms with Crippen molar-refractivity contribution < 1.29 is 18.6 Å². The maximum atomic E-state index is 6.86. The highest BCUT2D eigenvalue weighted by molar-refractivity contribution is 5.99. The van der Waals surface area contributed by atoms with Crippen molar-refractivity contribution in [1.82, 2.24) is 19.9 Å². The number of hydrogen-bond acceptors (Lipinski definition) is 7. The number of fused-ring (bicyclic) bond motifs is 12. The van der Waals surface area contributed by atoms with Gasteiger partial charge in [-0.15, -0.1) is 0 Å². The third-order valence-corrected chi connectivity index (χ3v) is 10.7. The van der Waals surface area contributed by atoms with E-state index in [2.05, 4.69) is 91.9 Å². The Labute approximate surface area is 344 Å². The Kier molecular flexibility index (Phi) is 9.26. The molecule has 9 aromatic rings. The van der Waals surface area contributed by atoms with E-state index in [1.54, 1.807) is 21.3 Å². The van der Waals surface area contributed by atoms with Gasteiger partial charge < -0.3 is 33.6 Å². The van der Waals surface area contributed by atoms with Crippen LogP contribution in [0.1, 0.15) is 11.4 Å². The molecule has 10 nitrogen and oxygen atoms in total. The summed E-state index contributed by atoms with van der Waals surface area (Å²) < 4.78 is 23.2. The number of H-pyrrole nitrogens is 3. The molecule has 3 N–H and O–H groups in total. The molecule has 4 aromatic carbocycles. The second kappa shape index (κ2) is 15.3. The van der Waals surface area contributed by atoms with E-state index in [1.165, 1.54) is 0 Å². The lowest BCUT2D eigenvalue weighted by molar-refractivity contribution is 0.414. The van der Waals surface area contributed by atoms with E-state index in [4.69, 9.17) is 23.6 Å². The summed E-state index contributed by atoms with van der Waals surface area (Å²) in [7, 11) is 4.98. The first-order valence-corrected chi connectivity index (χ1v) is 19.4. The van der Waals surface area contributed by atoms with Crippen LogP contribution in [-0.2, 0) is 0 Å². The molecule has 10 heteroatoms. The molecule has 0 radical (unpaired) electrons. The first-order chi connectivity index (χ1) is 29.5. The smallest absolute Gasteiger partial charge is 0.137 e. The van der Waals surface area contributed by atoms with Gasteiger partial charge in [0.05, 0.1) is 71.7 Å². The summed E-state index contributed by atoms with van der Waals surface area (Å²) in [6.45, 7) is 0. The Hall–Kier alpha value is -8.11. The zero-order valence-electron chi connectivity index (χ0n) is 33.0. The molecular formula is C50H38N6O4. The summed E-state index contributed by atoms with van der Waals surface area (Å²) in [6.07, 6.45) is 4.11. The molecule has 10 rings (SSSR count). The number of furan rings is 1. The van der Waals surface area contributed by atoms with Gasteiger partial charge in [-0.1, -0.05) is 36.4 Å². The van der Waals surface area contributed by atoms with E-state index in [1.807, 2.05) is 91.0 Å². The molecule has 1 aliphatic rings. The second-order valence-electron chi connectivity index (χ2n) is 14.3. The molecule has 10 bridgehead atoms. The molecule has 0 saturated heterocycles. The standard InChI is InChI=1S/C50H38N6O4/c1-57-35-14-6-31(7-15-35)49-44-26-22-40(53-44)38-20-24-42(51-38)48(30-4-10-33(11-5-30)55-56-34-12-18-37(59-3)19-13-34)43-25-21-39(52-43)41-23-27-45(54-41)50(47-29-28-46(49)60-47)32-8-16-36(58-2)17-9-32/h4-29,51,53-54H,1-3H3. The number of methoxy groups -OCH3 is 3. The normalized spacial score (nSPS) is 11.8. The predicted octanol–water partition coefficient (Wildman–Crippen LogP) is 13.4. The predicted molar refractivity (Wildman–Crippen MR) is 240 cm³/mol. The van der Waals surface area contributed by atoms with Crippen LogP contribution in [0.5, 0.6) is 17.2 Å². The lowest BCUT2D eigenvalue weighted by Crippen LogP contribution is -1.86. The van der Waals surface area contributed by atoms with E-state index >= 15 is 0 Å². The summed E-state index contributed by atoms with van der Waals surface area (Å²) in [5.41, 5.74) is 15.6. The number of azo groups is 1. The SMILES string of the molecule is COc1ccc(N=Nc2ccc(-c3c4nc(c5ccc([nH]5)c(-c5ccc(OC)cc5)c5ccc(o5)c(-c5ccc(OC)cc5)c5ccc([nH]5)c5ccc3[nH]5)C=C4)cc2)cc1. The van der Waals surface area contributed by atoms with Gasteiger partial charge in [0, 0.05) is 22.2 Å². The van der Waals surface area contributed by atoms with E-state index in [-0.39, 0.29) is 0 Å². The van der Waals surface area contributed by atoms with E-state index in [0.717, 1.165) is 106 Å². The van der Waals surface area contributed by atoms with Gasteiger partial charge in [0.25, 0.3) is 0 Å². The first-order valence-electron chi connectivity index (χ1n) is 19.4. The van der Waals surface area contributed by atoms with E-state index in [9.17, 15) is 0 Å². The molecule has 5 aromatic heterocycles. The van der Waals surface area contributed by atoms with Gasteiger partial charge in [0.1, 0.15) is 28.4 Å².